The summed E-state index contributed by atoms with van der Waals surface area (Å²) in [4.78, 5) is 26.7. The van der Waals surface area contributed by atoms with Crippen LogP contribution < -0.4 is 10.5 Å². The minimum atomic E-state index is -0.442. The number of aromatic nitrogens is 1. The normalized spacial score (nSPS) is 29.5. The first kappa shape index (κ1) is 18.7. The maximum Gasteiger partial charge on any atom is 0.317 e. The molecule has 0 saturated heterocycles. The molecule has 4 aliphatic carbocycles. The average molecular weight is 378 g/mol. The zero-order valence-electron chi connectivity index (χ0n) is 15.9. The first-order chi connectivity index (χ1) is 13.5. The summed E-state index contributed by atoms with van der Waals surface area (Å²) in [6.07, 6.45) is 10.3. The number of pyridine rings is 1. The predicted octanol–water partition coefficient (Wildman–Crippen LogP) is 3.99. The molecule has 1 heterocycles. The van der Waals surface area contributed by atoms with Gasteiger partial charge >= 0.3 is 5.97 Å². The Bertz CT molecular complexity index is 800. The molecule has 1 aromatic heterocycles. The van der Waals surface area contributed by atoms with Gasteiger partial charge in [0.15, 0.2) is 0 Å². The average Bonchev–Trinajstić information content (AvgIpc) is 2.69. The summed E-state index contributed by atoms with van der Waals surface area (Å²) >= 11 is 0. The largest absolute Gasteiger partial charge is 0.426 e. The summed E-state index contributed by atoms with van der Waals surface area (Å²) in [6, 6.07) is 12.8. The maximum atomic E-state index is 12.6. The van der Waals surface area contributed by atoms with Crippen LogP contribution in [0.1, 0.15) is 48.9 Å². The number of para-hydroxylation sites is 1. The van der Waals surface area contributed by atoms with Crippen molar-refractivity contribution in [1.29, 1.82) is 0 Å². The van der Waals surface area contributed by atoms with Gasteiger partial charge in [0, 0.05) is 12.4 Å². The molecular weight excluding hydrogens is 352 g/mol. The molecule has 4 aliphatic rings. The molecule has 0 atom stereocenters. The number of amides is 1. The van der Waals surface area contributed by atoms with Gasteiger partial charge in [-0.1, -0.05) is 18.2 Å². The predicted molar refractivity (Wildman–Crippen MR) is 105 cm³/mol. The van der Waals surface area contributed by atoms with Crippen molar-refractivity contribution < 1.29 is 14.3 Å². The third kappa shape index (κ3) is 3.93. The maximum absolute atomic E-state index is 12.6. The van der Waals surface area contributed by atoms with E-state index in [1.807, 2.05) is 30.3 Å². The molecule has 0 radical (unpaired) electrons. The first-order valence-corrected chi connectivity index (χ1v) is 10.0. The highest BCUT2D eigenvalue weighted by atomic mass is 16.5. The number of rotatable bonds is 3. The van der Waals surface area contributed by atoms with Gasteiger partial charge in [0.1, 0.15) is 5.75 Å². The van der Waals surface area contributed by atoms with Gasteiger partial charge in [0.05, 0.1) is 11.0 Å². The molecule has 5 nitrogen and oxygen atoms in total. The molecule has 4 bridgehead atoms. The Morgan fingerprint density at radius 3 is 2.00 bits per heavy atom. The Morgan fingerprint density at radius 2 is 1.54 bits per heavy atom. The standard InChI is InChI=1S/C17H20O2.C6H6N2O/c18-16(19-15-4-2-1-3-5-15)17-9-12-6-13(10-17)8-14(7-12)11-17;7-6(9)5-2-1-3-8-4-5/h1-5,12-14H,6-11H2;1-4H,(H2,7,9). The van der Waals surface area contributed by atoms with Crippen LogP contribution in [-0.2, 0) is 4.79 Å². The van der Waals surface area contributed by atoms with Crippen LogP contribution in [0, 0.1) is 23.2 Å². The van der Waals surface area contributed by atoms with Crippen LogP contribution >= 0.6 is 0 Å². The highest BCUT2D eigenvalue weighted by Crippen LogP contribution is 2.60. The van der Waals surface area contributed by atoms with Gasteiger partial charge in [0.25, 0.3) is 0 Å². The minimum absolute atomic E-state index is 0.0396. The van der Waals surface area contributed by atoms with Gasteiger partial charge in [0.2, 0.25) is 5.91 Å². The number of primary amides is 1. The summed E-state index contributed by atoms with van der Waals surface area (Å²) in [5.41, 5.74) is 5.23. The van der Waals surface area contributed by atoms with E-state index in [2.05, 4.69) is 4.98 Å². The SMILES string of the molecule is NC(=O)c1cccnc1.O=C(Oc1ccccc1)C12CC3CC(CC(C3)C1)C2. The highest BCUT2D eigenvalue weighted by molar-refractivity contribution is 5.92. The monoisotopic (exact) mass is 378 g/mol. The summed E-state index contributed by atoms with van der Waals surface area (Å²) in [6.45, 7) is 0. The van der Waals surface area contributed by atoms with Crippen LogP contribution in [0.5, 0.6) is 5.75 Å². The molecule has 1 aromatic carbocycles. The van der Waals surface area contributed by atoms with Gasteiger partial charge in [-0.15, -0.1) is 0 Å². The number of carbonyl (C=O) groups is 2. The van der Waals surface area contributed by atoms with Gasteiger partial charge in [-0.2, -0.15) is 0 Å². The van der Waals surface area contributed by atoms with Crippen LogP contribution in [0.4, 0.5) is 0 Å². The second-order valence-electron chi connectivity index (χ2n) is 8.51. The van der Waals surface area contributed by atoms with E-state index in [-0.39, 0.29) is 11.4 Å². The van der Waals surface area contributed by atoms with Crippen molar-refractivity contribution in [2.45, 2.75) is 38.5 Å². The van der Waals surface area contributed by atoms with Gasteiger partial charge in [-0.05, 0) is 80.5 Å². The second-order valence-corrected chi connectivity index (χ2v) is 8.51. The molecule has 0 spiro atoms. The molecule has 28 heavy (non-hydrogen) atoms. The highest BCUT2D eigenvalue weighted by Gasteiger charge is 2.55. The number of ether oxygens (including phenoxy) is 1. The lowest BCUT2D eigenvalue weighted by Crippen LogP contribution is -2.51. The molecule has 5 heteroatoms. The van der Waals surface area contributed by atoms with E-state index in [4.69, 9.17) is 10.5 Å². The van der Waals surface area contributed by atoms with E-state index < -0.39 is 5.91 Å². The van der Waals surface area contributed by atoms with E-state index >= 15 is 0 Å². The van der Waals surface area contributed by atoms with Crippen LogP contribution in [0.15, 0.2) is 54.9 Å². The number of hydrogen-bond donors (Lipinski definition) is 1. The van der Waals surface area contributed by atoms with E-state index in [9.17, 15) is 9.59 Å². The minimum Gasteiger partial charge on any atom is -0.426 e. The van der Waals surface area contributed by atoms with Gasteiger partial charge in [-0.3, -0.25) is 14.6 Å². The number of benzene rings is 1. The molecule has 0 aliphatic heterocycles. The number of esters is 1. The van der Waals surface area contributed by atoms with Crippen molar-refractivity contribution >= 4 is 11.9 Å². The lowest BCUT2D eigenvalue weighted by molar-refractivity contribution is -0.161. The summed E-state index contributed by atoms with van der Waals surface area (Å²) in [5.74, 6) is 2.66. The zero-order chi connectivity index (χ0) is 19.6. The molecule has 6 rings (SSSR count). The van der Waals surface area contributed by atoms with E-state index in [1.165, 1.54) is 25.5 Å². The summed E-state index contributed by atoms with van der Waals surface area (Å²) in [7, 11) is 0. The topological polar surface area (TPSA) is 82.3 Å². The quantitative estimate of drug-likeness (QED) is 0.647. The molecule has 2 N–H and O–H groups in total. The Morgan fingerprint density at radius 1 is 0.929 bits per heavy atom. The molecule has 4 saturated carbocycles. The van der Waals surface area contributed by atoms with Crippen molar-refractivity contribution in [3.8, 4) is 5.75 Å². The number of nitrogens with zero attached hydrogens (tertiary/aromatic N) is 1. The summed E-state index contributed by atoms with van der Waals surface area (Å²) in [5, 5.41) is 0. The third-order valence-corrected chi connectivity index (χ3v) is 6.37. The fourth-order valence-electron chi connectivity index (χ4n) is 5.57. The van der Waals surface area contributed by atoms with Gasteiger partial charge in [-0.25, -0.2) is 0 Å². The van der Waals surface area contributed by atoms with Crippen molar-refractivity contribution in [3.05, 3.63) is 60.4 Å². The van der Waals surface area contributed by atoms with E-state index in [0.29, 0.717) is 11.3 Å². The lowest BCUT2D eigenvalue weighted by atomic mass is 9.49. The zero-order valence-corrected chi connectivity index (χ0v) is 15.9. The fraction of sp³-hybridized carbons (Fsp3) is 0.435. The van der Waals surface area contributed by atoms with E-state index in [0.717, 1.165) is 37.0 Å². The molecular formula is C23H26N2O3. The van der Waals surface area contributed by atoms with Crippen LogP contribution in [0.2, 0.25) is 0 Å². The van der Waals surface area contributed by atoms with Crippen molar-refractivity contribution in [2.75, 3.05) is 0 Å². The second kappa shape index (κ2) is 7.74. The number of nitrogens with two attached hydrogens (primary N) is 1. The Kier molecular flexibility index (Phi) is 5.16. The first-order valence-electron chi connectivity index (χ1n) is 10.0. The van der Waals surface area contributed by atoms with Gasteiger partial charge < -0.3 is 10.5 Å². The van der Waals surface area contributed by atoms with E-state index in [1.54, 1.807) is 18.3 Å². The Hall–Kier alpha value is -2.69. The Labute approximate surface area is 165 Å². The molecule has 1 amide bonds. The van der Waals surface area contributed by atoms with Crippen molar-refractivity contribution in [3.63, 3.8) is 0 Å². The number of carbonyl (C=O) groups excluding carboxylic acids is 2. The molecule has 2 aromatic rings. The fourth-order valence-corrected chi connectivity index (χ4v) is 5.57. The van der Waals surface area contributed by atoms with Crippen LogP contribution in [0.25, 0.3) is 0 Å². The van der Waals surface area contributed by atoms with Crippen molar-refractivity contribution in [2.24, 2.45) is 28.9 Å². The Balaban J connectivity index is 0.000000181. The smallest absolute Gasteiger partial charge is 0.317 e. The number of hydrogen-bond acceptors (Lipinski definition) is 4. The molecule has 146 valence electrons. The summed E-state index contributed by atoms with van der Waals surface area (Å²) < 4.78 is 5.66. The molecule has 4 fully saturated rings. The third-order valence-electron chi connectivity index (χ3n) is 6.37. The van der Waals surface area contributed by atoms with Crippen molar-refractivity contribution in [1.82, 2.24) is 4.98 Å². The molecule has 0 unspecified atom stereocenters. The lowest BCUT2D eigenvalue weighted by Gasteiger charge is -2.55. The van der Waals surface area contributed by atoms with Crippen LogP contribution in [-0.4, -0.2) is 16.9 Å². The van der Waals surface area contributed by atoms with Crippen LogP contribution in [0.3, 0.4) is 0 Å².